The van der Waals surface area contributed by atoms with E-state index < -0.39 is 0 Å². The van der Waals surface area contributed by atoms with Crippen molar-refractivity contribution in [3.8, 4) is 11.5 Å². The van der Waals surface area contributed by atoms with Crippen LogP contribution in [0.4, 0.5) is 0 Å². The Bertz CT molecular complexity index is 372. The predicted molar refractivity (Wildman–Crippen MR) is 64.5 cm³/mol. The van der Waals surface area contributed by atoms with Gasteiger partial charge in [0.15, 0.2) is 0 Å². The van der Waals surface area contributed by atoms with E-state index in [4.69, 9.17) is 9.47 Å². The highest BCUT2D eigenvalue weighted by molar-refractivity contribution is 5.54. The minimum absolute atomic E-state index is 0.0451. The van der Waals surface area contributed by atoms with Gasteiger partial charge in [0, 0.05) is 18.1 Å². The van der Waals surface area contributed by atoms with E-state index in [2.05, 4.69) is 0 Å². The molecule has 1 aromatic carbocycles. The molecule has 0 fully saturated rings. The third kappa shape index (κ3) is 2.14. The number of methoxy groups -OCH3 is 2. The minimum Gasteiger partial charge on any atom is -0.496 e. The molecule has 3 heteroatoms. The molecule has 1 aromatic rings. The Hall–Kier alpha value is -1.22. The molecule has 1 atom stereocenters. The van der Waals surface area contributed by atoms with Crippen LogP contribution in [0.2, 0.25) is 0 Å². The first-order valence-electron chi connectivity index (χ1n) is 5.39. The summed E-state index contributed by atoms with van der Waals surface area (Å²) >= 11 is 0. The summed E-state index contributed by atoms with van der Waals surface area (Å²) in [6.45, 7) is 6.05. The van der Waals surface area contributed by atoms with Gasteiger partial charge in [-0.25, -0.2) is 0 Å². The number of hydrogen-bond donors (Lipinski definition) is 1. The second-order valence-electron chi connectivity index (χ2n) is 4.05. The maximum absolute atomic E-state index is 9.29. The summed E-state index contributed by atoms with van der Waals surface area (Å²) in [5.74, 6) is 1.73. The first kappa shape index (κ1) is 12.8. The minimum atomic E-state index is 0.0451. The van der Waals surface area contributed by atoms with Gasteiger partial charge in [-0.3, -0.25) is 0 Å². The highest BCUT2D eigenvalue weighted by atomic mass is 16.5. The normalized spacial score (nSPS) is 12.4. The molecule has 1 unspecified atom stereocenters. The summed E-state index contributed by atoms with van der Waals surface area (Å²) < 4.78 is 10.7. The molecule has 0 aliphatic carbocycles. The fraction of sp³-hybridized carbons (Fsp3) is 0.538. The van der Waals surface area contributed by atoms with Crippen LogP contribution in [0.3, 0.4) is 0 Å². The van der Waals surface area contributed by atoms with Gasteiger partial charge >= 0.3 is 0 Å². The third-order valence-electron chi connectivity index (χ3n) is 2.91. The van der Waals surface area contributed by atoms with Crippen molar-refractivity contribution < 1.29 is 14.6 Å². The molecule has 0 saturated heterocycles. The lowest BCUT2D eigenvalue weighted by molar-refractivity contribution is 0.268. The Morgan fingerprint density at radius 1 is 1.25 bits per heavy atom. The molecule has 0 saturated carbocycles. The van der Waals surface area contributed by atoms with Crippen LogP contribution in [0.1, 0.15) is 29.5 Å². The van der Waals surface area contributed by atoms with Crippen molar-refractivity contribution in [1.82, 2.24) is 0 Å². The molecule has 0 spiro atoms. The van der Waals surface area contributed by atoms with E-state index in [1.54, 1.807) is 14.2 Å². The molecule has 0 radical (unpaired) electrons. The van der Waals surface area contributed by atoms with Crippen LogP contribution < -0.4 is 9.47 Å². The molecule has 90 valence electrons. The number of aliphatic hydroxyl groups is 1. The number of rotatable bonds is 4. The summed E-state index contributed by atoms with van der Waals surface area (Å²) in [5.41, 5.74) is 3.09. The Kier molecular flexibility index (Phi) is 4.19. The van der Waals surface area contributed by atoms with Gasteiger partial charge in [0.05, 0.1) is 14.2 Å². The maximum Gasteiger partial charge on any atom is 0.125 e. The molecule has 1 rings (SSSR count). The van der Waals surface area contributed by atoms with Crippen LogP contribution >= 0.6 is 0 Å². The van der Waals surface area contributed by atoms with Crippen molar-refractivity contribution in [2.45, 2.75) is 26.7 Å². The zero-order chi connectivity index (χ0) is 12.3. The van der Waals surface area contributed by atoms with Crippen molar-refractivity contribution in [3.05, 3.63) is 22.8 Å². The quantitative estimate of drug-likeness (QED) is 0.853. The van der Waals surface area contributed by atoms with Gasteiger partial charge in [-0.15, -0.1) is 0 Å². The van der Waals surface area contributed by atoms with Crippen LogP contribution in [-0.2, 0) is 0 Å². The van der Waals surface area contributed by atoms with E-state index in [0.717, 1.165) is 28.2 Å². The predicted octanol–water partition coefficient (Wildman–Crippen LogP) is 2.42. The highest BCUT2D eigenvalue weighted by Gasteiger charge is 2.19. The SMILES string of the molecule is COc1cc(C)c(OC)c(C(C)CO)c1C. The van der Waals surface area contributed by atoms with Gasteiger partial charge in [-0.1, -0.05) is 6.92 Å². The van der Waals surface area contributed by atoms with Crippen molar-refractivity contribution >= 4 is 0 Å². The van der Waals surface area contributed by atoms with Crippen molar-refractivity contribution in [1.29, 1.82) is 0 Å². The van der Waals surface area contributed by atoms with Crippen molar-refractivity contribution in [3.63, 3.8) is 0 Å². The van der Waals surface area contributed by atoms with E-state index in [0.29, 0.717) is 0 Å². The van der Waals surface area contributed by atoms with Gasteiger partial charge in [-0.05, 0) is 31.0 Å². The fourth-order valence-electron chi connectivity index (χ4n) is 2.05. The van der Waals surface area contributed by atoms with Crippen molar-refractivity contribution in [2.75, 3.05) is 20.8 Å². The molecule has 0 aromatic heterocycles. The fourth-order valence-corrected chi connectivity index (χ4v) is 2.05. The molecule has 0 aliphatic heterocycles. The maximum atomic E-state index is 9.29. The summed E-state index contributed by atoms with van der Waals surface area (Å²) in [4.78, 5) is 0. The summed E-state index contributed by atoms with van der Waals surface area (Å²) in [6.07, 6.45) is 0. The van der Waals surface area contributed by atoms with E-state index >= 15 is 0 Å². The number of aryl methyl sites for hydroxylation is 1. The number of aliphatic hydroxyl groups excluding tert-OH is 1. The largest absolute Gasteiger partial charge is 0.496 e. The second kappa shape index (κ2) is 5.21. The van der Waals surface area contributed by atoms with Gasteiger partial charge in [0.1, 0.15) is 11.5 Å². The molecule has 0 heterocycles. The lowest BCUT2D eigenvalue weighted by Gasteiger charge is -2.20. The topological polar surface area (TPSA) is 38.7 Å². The van der Waals surface area contributed by atoms with E-state index in [9.17, 15) is 5.11 Å². The third-order valence-corrected chi connectivity index (χ3v) is 2.91. The molecule has 0 aliphatic rings. The summed E-state index contributed by atoms with van der Waals surface area (Å²) in [7, 11) is 3.31. The second-order valence-corrected chi connectivity index (χ2v) is 4.05. The molecular weight excluding hydrogens is 204 g/mol. The van der Waals surface area contributed by atoms with E-state index in [1.807, 2.05) is 26.8 Å². The standard InChI is InChI=1S/C13H20O3/c1-8-6-11(15-4)10(3)12(9(2)7-14)13(8)16-5/h6,9,14H,7H2,1-5H3. The van der Waals surface area contributed by atoms with Gasteiger partial charge < -0.3 is 14.6 Å². The molecule has 16 heavy (non-hydrogen) atoms. The average Bonchev–Trinajstić information content (AvgIpc) is 2.29. The van der Waals surface area contributed by atoms with Gasteiger partial charge in [0.2, 0.25) is 0 Å². The monoisotopic (exact) mass is 224 g/mol. The summed E-state index contributed by atoms with van der Waals surface area (Å²) in [5, 5.41) is 9.29. The van der Waals surface area contributed by atoms with Crippen LogP contribution in [-0.4, -0.2) is 25.9 Å². The number of ether oxygens (including phenoxy) is 2. The zero-order valence-electron chi connectivity index (χ0n) is 10.6. The Morgan fingerprint density at radius 3 is 2.31 bits per heavy atom. The van der Waals surface area contributed by atoms with E-state index in [-0.39, 0.29) is 12.5 Å². The van der Waals surface area contributed by atoms with Crippen LogP contribution in [0.15, 0.2) is 6.07 Å². The molecule has 1 N–H and O–H groups in total. The summed E-state index contributed by atoms with van der Waals surface area (Å²) in [6, 6.07) is 1.96. The first-order chi connectivity index (χ1) is 7.56. The molecule has 0 bridgehead atoms. The lowest BCUT2D eigenvalue weighted by atomic mass is 9.93. The number of benzene rings is 1. The van der Waals surface area contributed by atoms with Crippen LogP contribution in [0, 0.1) is 13.8 Å². The van der Waals surface area contributed by atoms with Gasteiger partial charge in [-0.2, -0.15) is 0 Å². The number of hydrogen-bond acceptors (Lipinski definition) is 3. The van der Waals surface area contributed by atoms with Crippen LogP contribution in [0.5, 0.6) is 11.5 Å². The van der Waals surface area contributed by atoms with Crippen molar-refractivity contribution in [2.24, 2.45) is 0 Å². The first-order valence-corrected chi connectivity index (χ1v) is 5.39. The smallest absolute Gasteiger partial charge is 0.125 e. The average molecular weight is 224 g/mol. The lowest BCUT2D eigenvalue weighted by Crippen LogP contribution is -2.07. The van der Waals surface area contributed by atoms with E-state index in [1.165, 1.54) is 0 Å². The highest BCUT2D eigenvalue weighted by Crippen LogP contribution is 2.37. The Balaban J connectivity index is 3.45. The molecule has 3 nitrogen and oxygen atoms in total. The Morgan fingerprint density at radius 2 is 1.88 bits per heavy atom. The Labute approximate surface area is 97.0 Å². The van der Waals surface area contributed by atoms with Crippen LogP contribution in [0.25, 0.3) is 0 Å². The zero-order valence-corrected chi connectivity index (χ0v) is 10.6. The van der Waals surface area contributed by atoms with Gasteiger partial charge in [0.25, 0.3) is 0 Å². The molecular formula is C13H20O3. The molecule has 0 amide bonds.